The Hall–Kier alpha value is -1.81. The quantitative estimate of drug-likeness (QED) is 0.818. The fourth-order valence-electron chi connectivity index (χ4n) is 1.98. The third-order valence-electron chi connectivity index (χ3n) is 2.98. The molecule has 102 valence electrons. The van der Waals surface area contributed by atoms with Crippen LogP contribution in [0.1, 0.15) is 16.8 Å². The van der Waals surface area contributed by atoms with E-state index < -0.39 is 0 Å². The number of hydrogen-bond donors (Lipinski definition) is 1. The summed E-state index contributed by atoms with van der Waals surface area (Å²) in [5.74, 6) is 0.664. The van der Waals surface area contributed by atoms with Gasteiger partial charge in [0.25, 0.3) is 0 Å². The lowest BCUT2D eigenvalue weighted by Crippen LogP contribution is -2.23. The Morgan fingerprint density at radius 3 is 2.89 bits per heavy atom. The van der Waals surface area contributed by atoms with Gasteiger partial charge in [0, 0.05) is 12.6 Å². The highest BCUT2D eigenvalue weighted by atomic mass is 16.5. The molecular formula is C15H20N2O2. The molecule has 1 aliphatic rings. The summed E-state index contributed by atoms with van der Waals surface area (Å²) in [5.41, 5.74) is 1.48. The molecule has 19 heavy (non-hydrogen) atoms. The Labute approximate surface area is 114 Å². The maximum absolute atomic E-state index is 12.1. The Kier molecular flexibility index (Phi) is 4.58. The first kappa shape index (κ1) is 13.6. The van der Waals surface area contributed by atoms with Crippen LogP contribution >= 0.6 is 0 Å². The van der Waals surface area contributed by atoms with Crippen molar-refractivity contribution in [3.8, 4) is 5.75 Å². The number of carbonyl (C=O) groups is 1. The Balaban J connectivity index is 1.93. The standard InChI is InChI=1S/C15H20N2O2/c1-17(2)9-5-8-16-12-10-14(18)13-6-3-4-7-15(13)19-11-12/h3-4,6-7,10,16H,5,8-9,11H2,1-2H3. The first-order valence-corrected chi connectivity index (χ1v) is 6.52. The third-order valence-corrected chi connectivity index (χ3v) is 2.98. The Morgan fingerprint density at radius 1 is 1.32 bits per heavy atom. The van der Waals surface area contributed by atoms with E-state index >= 15 is 0 Å². The molecular weight excluding hydrogens is 240 g/mol. The predicted molar refractivity (Wildman–Crippen MR) is 75.5 cm³/mol. The molecule has 1 heterocycles. The average molecular weight is 260 g/mol. The molecule has 1 N–H and O–H groups in total. The summed E-state index contributed by atoms with van der Waals surface area (Å²) >= 11 is 0. The number of para-hydroxylation sites is 1. The smallest absolute Gasteiger partial charge is 0.191 e. The molecule has 0 aliphatic carbocycles. The van der Waals surface area contributed by atoms with E-state index in [1.807, 2.05) is 32.3 Å². The zero-order valence-corrected chi connectivity index (χ0v) is 11.5. The zero-order chi connectivity index (χ0) is 13.7. The van der Waals surface area contributed by atoms with E-state index in [9.17, 15) is 4.79 Å². The molecule has 1 aromatic carbocycles. The van der Waals surface area contributed by atoms with Gasteiger partial charge in [0.15, 0.2) is 5.78 Å². The maximum Gasteiger partial charge on any atom is 0.191 e. The molecule has 1 aromatic rings. The van der Waals surface area contributed by atoms with E-state index in [2.05, 4.69) is 10.2 Å². The molecule has 4 heteroatoms. The van der Waals surface area contributed by atoms with Crippen molar-refractivity contribution in [1.29, 1.82) is 0 Å². The lowest BCUT2D eigenvalue weighted by atomic mass is 10.1. The van der Waals surface area contributed by atoms with Crippen LogP contribution < -0.4 is 10.1 Å². The van der Waals surface area contributed by atoms with Gasteiger partial charge in [0.1, 0.15) is 12.4 Å². The van der Waals surface area contributed by atoms with Crippen molar-refractivity contribution in [3.63, 3.8) is 0 Å². The second-order valence-electron chi connectivity index (χ2n) is 4.90. The van der Waals surface area contributed by atoms with E-state index in [4.69, 9.17) is 4.74 Å². The molecule has 0 atom stereocenters. The molecule has 1 aliphatic heterocycles. The van der Waals surface area contributed by atoms with Gasteiger partial charge in [0.2, 0.25) is 0 Å². The first-order chi connectivity index (χ1) is 9.16. The van der Waals surface area contributed by atoms with Crippen LogP contribution in [0.2, 0.25) is 0 Å². The lowest BCUT2D eigenvalue weighted by molar-refractivity contribution is 0.104. The average Bonchev–Trinajstić information content (AvgIpc) is 2.55. The van der Waals surface area contributed by atoms with E-state index in [0.717, 1.165) is 25.2 Å². The lowest BCUT2D eigenvalue weighted by Gasteiger charge is -2.12. The van der Waals surface area contributed by atoms with Gasteiger partial charge >= 0.3 is 0 Å². The highest BCUT2D eigenvalue weighted by molar-refractivity contribution is 6.07. The summed E-state index contributed by atoms with van der Waals surface area (Å²) in [4.78, 5) is 14.2. The third kappa shape index (κ3) is 3.83. The first-order valence-electron chi connectivity index (χ1n) is 6.52. The van der Waals surface area contributed by atoms with Crippen LogP contribution in [0.15, 0.2) is 36.0 Å². The number of ketones is 1. The molecule has 0 radical (unpaired) electrons. The highest BCUT2D eigenvalue weighted by Crippen LogP contribution is 2.22. The van der Waals surface area contributed by atoms with Crippen LogP contribution in [-0.4, -0.2) is 44.5 Å². The summed E-state index contributed by atoms with van der Waals surface area (Å²) in [6.07, 6.45) is 2.67. The molecule has 0 saturated carbocycles. The monoisotopic (exact) mass is 260 g/mol. The molecule has 0 unspecified atom stereocenters. The largest absolute Gasteiger partial charge is 0.487 e. The van der Waals surface area contributed by atoms with E-state index in [-0.39, 0.29) is 5.78 Å². The number of hydrogen-bond acceptors (Lipinski definition) is 4. The van der Waals surface area contributed by atoms with Crippen molar-refractivity contribution in [2.75, 3.05) is 33.8 Å². The fraction of sp³-hybridized carbons (Fsp3) is 0.400. The van der Waals surface area contributed by atoms with Gasteiger partial charge in [-0.05, 0) is 39.2 Å². The van der Waals surface area contributed by atoms with Crippen LogP contribution in [-0.2, 0) is 0 Å². The molecule has 0 spiro atoms. The Bertz CT molecular complexity index is 481. The minimum absolute atomic E-state index is 0.00297. The normalized spacial score (nSPS) is 14.5. The molecule has 0 aromatic heterocycles. The van der Waals surface area contributed by atoms with Crippen LogP contribution in [0.25, 0.3) is 0 Å². The molecule has 4 nitrogen and oxygen atoms in total. The summed E-state index contributed by atoms with van der Waals surface area (Å²) in [5, 5.41) is 3.27. The van der Waals surface area contributed by atoms with Gasteiger partial charge in [-0.1, -0.05) is 12.1 Å². The molecule has 2 rings (SSSR count). The second kappa shape index (κ2) is 6.38. The van der Waals surface area contributed by atoms with Crippen molar-refractivity contribution < 1.29 is 9.53 Å². The van der Waals surface area contributed by atoms with E-state index in [1.54, 1.807) is 12.1 Å². The number of ether oxygens (including phenoxy) is 1. The van der Waals surface area contributed by atoms with Crippen molar-refractivity contribution in [2.45, 2.75) is 6.42 Å². The van der Waals surface area contributed by atoms with Gasteiger partial charge in [-0.2, -0.15) is 0 Å². The number of fused-ring (bicyclic) bond motifs is 1. The van der Waals surface area contributed by atoms with Crippen molar-refractivity contribution >= 4 is 5.78 Å². The Morgan fingerprint density at radius 2 is 2.11 bits per heavy atom. The van der Waals surface area contributed by atoms with Crippen LogP contribution in [0.3, 0.4) is 0 Å². The van der Waals surface area contributed by atoms with Crippen molar-refractivity contribution in [2.24, 2.45) is 0 Å². The summed E-state index contributed by atoms with van der Waals surface area (Å²) in [6, 6.07) is 7.35. The predicted octanol–water partition coefficient (Wildman–Crippen LogP) is 1.69. The second-order valence-corrected chi connectivity index (χ2v) is 4.90. The topological polar surface area (TPSA) is 41.6 Å². The van der Waals surface area contributed by atoms with Gasteiger partial charge < -0.3 is 15.0 Å². The minimum Gasteiger partial charge on any atom is -0.487 e. The van der Waals surface area contributed by atoms with Crippen LogP contribution in [0.4, 0.5) is 0 Å². The fourth-order valence-corrected chi connectivity index (χ4v) is 1.98. The number of nitrogens with zero attached hydrogens (tertiary/aromatic N) is 1. The summed E-state index contributed by atoms with van der Waals surface area (Å²) < 4.78 is 5.65. The number of nitrogens with one attached hydrogen (secondary N) is 1. The number of carbonyl (C=O) groups excluding carboxylic acids is 1. The minimum atomic E-state index is 0.00297. The molecule has 0 saturated heterocycles. The number of allylic oxidation sites excluding steroid dienone is 1. The summed E-state index contributed by atoms with van der Waals surface area (Å²) in [7, 11) is 4.10. The van der Waals surface area contributed by atoms with E-state index in [0.29, 0.717) is 17.9 Å². The van der Waals surface area contributed by atoms with Gasteiger partial charge in [-0.25, -0.2) is 0 Å². The van der Waals surface area contributed by atoms with Crippen molar-refractivity contribution in [3.05, 3.63) is 41.6 Å². The molecule has 0 bridgehead atoms. The van der Waals surface area contributed by atoms with E-state index in [1.165, 1.54) is 0 Å². The molecule has 0 amide bonds. The SMILES string of the molecule is CN(C)CCCNC1=CC(=O)c2ccccc2OC1. The molecule has 0 fully saturated rings. The van der Waals surface area contributed by atoms with Crippen molar-refractivity contribution in [1.82, 2.24) is 10.2 Å². The van der Waals surface area contributed by atoms with Gasteiger partial charge in [-0.15, -0.1) is 0 Å². The van der Waals surface area contributed by atoms with Crippen LogP contribution in [0.5, 0.6) is 5.75 Å². The highest BCUT2D eigenvalue weighted by Gasteiger charge is 2.15. The van der Waals surface area contributed by atoms with Gasteiger partial charge in [-0.3, -0.25) is 4.79 Å². The number of benzene rings is 1. The van der Waals surface area contributed by atoms with Crippen LogP contribution in [0, 0.1) is 0 Å². The maximum atomic E-state index is 12.1. The van der Waals surface area contributed by atoms with Gasteiger partial charge in [0.05, 0.1) is 11.3 Å². The number of rotatable bonds is 5. The zero-order valence-electron chi connectivity index (χ0n) is 11.5. The summed E-state index contributed by atoms with van der Waals surface area (Å²) in [6.45, 7) is 2.29.